The molecule has 9 heteroatoms. The van der Waals surface area contributed by atoms with Crippen LogP contribution in [0.3, 0.4) is 0 Å². The molecule has 2 aromatic rings. The third-order valence-electron chi connectivity index (χ3n) is 2.87. The number of carboxylic acids is 1. The van der Waals surface area contributed by atoms with Gasteiger partial charge < -0.3 is 14.4 Å². The minimum absolute atomic E-state index is 0.115. The van der Waals surface area contributed by atoms with Crippen LogP contribution in [0.5, 0.6) is 0 Å². The van der Waals surface area contributed by atoms with E-state index in [2.05, 4.69) is 15.4 Å². The second-order valence-electron chi connectivity index (χ2n) is 4.63. The number of rotatable bonds is 6. The Kier molecular flexibility index (Phi) is 4.31. The van der Waals surface area contributed by atoms with E-state index in [4.69, 9.17) is 9.52 Å². The Morgan fingerprint density at radius 2 is 2.29 bits per heavy atom. The number of hydrogen-bond acceptors (Lipinski definition) is 6. The quantitative estimate of drug-likeness (QED) is 0.803. The van der Waals surface area contributed by atoms with Crippen LogP contribution < -0.4 is 0 Å². The molecular formula is C12H15N5O4. The number of carbonyl (C=O) groups is 2. The van der Waals surface area contributed by atoms with Crippen LogP contribution in [-0.2, 0) is 16.1 Å². The molecule has 21 heavy (non-hydrogen) atoms. The molecule has 1 amide bonds. The number of hydrogen-bond donors (Lipinski definition) is 1. The van der Waals surface area contributed by atoms with Gasteiger partial charge in [0.2, 0.25) is 11.7 Å². The van der Waals surface area contributed by atoms with Gasteiger partial charge in [0, 0.05) is 13.6 Å². The van der Waals surface area contributed by atoms with E-state index in [1.54, 1.807) is 12.1 Å². The maximum absolute atomic E-state index is 11.9. The van der Waals surface area contributed by atoms with Crippen LogP contribution in [0.2, 0.25) is 0 Å². The lowest BCUT2D eigenvalue weighted by Crippen LogP contribution is -2.36. The van der Waals surface area contributed by atoms with E-state index in [-0.39, 0.29) is 24.8 Å². The molecule has 2 heterocycles. The van der Waals surface area contributed by atoms with Crippen LogP contribution in [-0.4, -0.2) is 55.7 Å². The first kappa shape index (κ1) is 14.7. The van der Waals surface area contributed by atoms with Gasteiger partial charge in [-0.3, -0.25) is 9.59 Å². The van der Waals surface area contributed by atoms with Crippen molar-refractivity contribution in [3.8, 4) is 11.6 Å². The summed E-state index contributed by atoms with van der Waals surface area (Å²) in [5.41, 5.74) is 0. The highest BCUT2D eigenvalue weighted by Gasteiger charge is 2.18. The third kappa shape index (κ3) is 3.65. The molecule has 0 aliphatic rings. The SMILES string of the molecule is CC(CN(C)C(=O)Cn1nnc(-c2ccco2)n1)C(=O)O. The number of furan rings is 1. The maximum Gasteiger partial charge on any atom is 0.308 e. The molecular weight excluding hydrogens is 278 g/mol. The zero-order chi connectivity index (χ0) is 15.4. The summed E-state index contributed by atoms with van der Waals surface area (Å²) in [5, 5.41) is 20.4. The average Bonchev–Trinajstić information content (AvgIpc) is 3.08. The van der Waals surface area contributed by atoms with E-state index in [1.807, 2.05) is 0 Å². The Labute approximate surface area is 120 Å². The number of nitrogens with zero attached hydrogens (tertiary/aromatic N) is 5. The zero-order valence-electron chi connectivity index (χ0n) is 11.6. The molecule has 1 N–H and O–H groups in total. The molecule has 2 aromatic heterocycles. The molecule has 0 aromatic carbocycles. The van der Waals surface area contributed by atoms with Crippen LogP contribution in [0.15, 0.2) is 22.8 Å². The summed E-state index contributed by atoms with van der Waals surface area (Å²) < 4.78 is 5.13. The summed E-state index contributed by atoms with van der Waals surface area (Å²) in [6, 6.07) is 3.38. The molecule has 0 aliphatic carbocycles. The Morgan fingerprint density at radius 1 is 1.52 bits per heavy atom. The summed E-state index contributed by atoms with van der Waals surface area (Å²) in [7, 11) is 1.53. The minimum atomic E-state index is -0.950. The van der Waals surface area contributed by atoms with Crippen LogP contribution in [0.25, 0.3) is 11.6 Å². The molecule has 1 unspecified atom stereocenters. The smallest absolute Gasteiger partial charge is 0.308 e. The van der Waals surface area contributed by atoms with Gasteiger partial charge in [0.1, 0.15) is 6.54 Å². The molecule has 0 fully saturated rings. The standard InChI is InChI=1S/C12H15N5O4/c1-8(12(19)20)6-16(2)10(18)7-17-14-11(13-15-17)9-4-3-5-21-9/h3-5,8H,6-7H2,1-2H3,(H,19,20). The molecule has 1 atom stereocenters. The number of likely N-dealkylation sites (N-methyl/N-ethyl adjacent to an activating group) is 1. The fraction of sp³-hybridized carbons (Fsp3) is 0.417. The summed E-state index contributed by atoms with van der Waals surface area (Å²) >= 11 is 0. The van der Waals surface area contributed by atoms with Crippen LogP contribution in [0.1, 0.15) is 6.92 Å². The Morgan fingerprint density at radius 3 is 2.90 bits per heavy atom. The molecule has 0 aliphatic heterocycles. The summed E-state index contributed by atoms with van der Waals surface area (Å²) in [5.74, 6) is -1.14. The molecule has 2 rings (SSSR count). The highest BCUT2D eigenvalue weighted by atomic mass is 16.4. The van der Waals surface area contributed by atoms with E-state index in [0.29, 0.717) is 5.76 Å². The lowest BCUT2D eigenvalue weighted by molar-refractivity contribution is -0.142. The van der Waals surface area contributed by atoms with Gasteiger partial charge in [0.15, 0.2) is 5.76 Å². The van der Waals surface area contributed by atoms with Gasteiger partial charge in [-0.05, 0) is 17.3 Å². The molecule has 9 nitrogen and oxygen atoms in total. The predicted octanol–water partition coefficient (Wildman–Crippen LogP) is 0.112. The zero-order valence-corrected chi connectivity index (χ0v) is 11.6. The fourth-order valence-electron chi connectivity index (χ4n) is 1.65. The lowest BCUT2D eigenvalue weighted by atomic mass is 10.2. The van der Waals surface area contributed by atoms with Crippen molar-refractivity contribution in [2.24, 2.45) is 5.92 Å². The van der Waals surface area contributed by atoms with E-state index >= 15 is 0 Å². The Bertz CT molecular complexity index is 621. The minimum Gasteiger partial charge on any atom is -0.481 e. The van der Waals surface area contributed by atoms with Gasteiger partial charge in [-0.2, -0.15) is 4.80 Å². The molecule has 0 saturated heterocycles. The number of aliphatic carboxylic acids is 1. The second-order valence-corrected chi connectivity index (χ2v) is 4.63. The van der Waals surface area contributed by atoms with Gasteiger partial charge in [-0.1, -0.05) is 6.92 Å². The number of carbonyl (C=O) groups excluding carboxylic acids is 1. The van der Waals surface area contributed by atoms with E-state index < -0.39 is 11.9 Å². The van der Waals surface area contributed by atoms with Crippen LogP contribution in [0.4, 0.5) is 0 Å². The lowest BCUT2D eigenvalue weighted by Gasteiger charge is -2.18. The first-order valence-electron chi connectivity index (χ1n) is 6.26. The molecule has 0 radical (unpaired) electrons. The van der Waals surface area contributed by atoms with Crippen LogP contribution in [0, 0.1) is 5.92 Å². The summed E-state index contributed by atoms with van der Waals surface area (Å²) in [6.45, 7) is 1.54. The normalized spacial score (nSPS) is 12.1. The third-order valence-corrected chi connectivity index (χ3v) is 2.87. The highest BCUT2D eigenvalue weighted by Crippen LogP contribution is 2.12. The van der Waals surface area contributed by atoms with Crippen molar-refractivity contribution in [3.05, 3.63) is 18.4 Å². The predicted molar refractivity (Wildman–Crippen MR) is 70.0 cm³/mol. The van der Waals surface area contributed by atoms with Gasteiger partial charge in [0.05, 0.1) is 12.2 Å². The van der Waals surface area contributed by atoms with Crippen molar-refractivity contribution in [3.63, 3.8) is 0 Å². The van der Waals surface area contributed by atoms with Gasteiger partial charge in [-0.15, -0.1) is 10.2 Å². The number of tetrazole rings is 1. The van der Waals surface area contributed by atoms with Gasteiger partial charge in [0.25, 0.3) is 0 Å². The Hall–Kier alpha value is -2.71. The molecule has 0 bridgehead atoms. The van der Waals surface area contributed by atoms with E-state index in [0.717, 1.165) is 4.80 Å². The van der Waals surface area contributed by atoms with E-state index in [1.165, 1.54) is 25.1 Å². The Balaban J connectivity index is 1.95. The summed E-state index contributed by atoms with van der Waals surface area (Å²) in [4.78, 5) is 25.2. The number of carboxylic acid groups (broad SMARTS) is 1. The van der Waals surface area contributed by atoms with Crippen LogP contribution >= 0.6 is 0 Å². The molecule has 0 saturated carbocycles. The van der Waals surface area contributed by atoms with Crippen molar-refractivity contribution in [2.75, 3.05) is 13.6 Å². The van der Waals surface area contributed by atoms with Crippen molar-refractivity contribution in [1.82, 2.24) is 25.1 Å². The van der Waals surface area contributed by atoms with Gasteiger partial charge >= 0.3 is 5.97 Å². The maximum atomic E-state index is 11.9. The molecule has 112 valence electrons. The van der Waals surface area contributed by atoms with Gasteiger partial charge in [-0.25, -0.2) is 0 Å². The molecule has 0 spiro atoms. The highest BCUT2D eigenvalue weighted by molar-refractivity contribution is 5.76. The van der Waals surface area contributed by atoms with Crippen molar-refractivity contribution < 1.29 is 19.1 Å². The summed E-state index contributed by atoms with van der Waals surface area (Å²) in [6.07, 6.45) is 1.49. The van der Waals surface area contributed by atoms with Crippen molar-refractivity contribution in [2.45, 2.75) is 13.5 Å². The fourth-order valence-corrected chi connectivity index (χ4v) is 1.65. The largest absolute Gasteiger partial charge is 0.481 e. The number of aromatic nitrogens is 4. The average molecular weight is 293 g/mol. The van der Waals surface area contributed by atoms with Crippen molar-refractivity contribution >= 4 is 11.9 Å². The monoisotopic (exact) mass is 293 g/mol. The first-order valence-corrected chi connectivity index (χ1v) is 6.26. The van der Waals surface area contributed by atoms with E-state index in [9.17, 15) is 9.59 Å². The topological polar surface area (TPSA) is 114 Å². The number of amides is 1. The van der Waals surface area contributed by atoms with Crippen molar-refractivity contribution in [1.29, 1.82) is 0 Å². The second kappa shape index (κ2) is 6.16. The first-order chi connectivity index (χ1) is 9.97.